The van der Waals surface area contributed by atoms with E-state index in [-0.39, 0.29) is 0 Å². The molecule has 5 heteroatoms. The lowest BCUT2D eigenvalue weighted by Gasteiger charge is -2.15. The number of aromatic nitrogens is 1. The highest BCUT2D eigenvalue weighted by Gasteiger charge is 2.05. The van der Waals surface area contributed by atoms with E-state index >= 15 is 0 Å². The first-order chi connectivity index (χ1) is 9.88. The maximum atomic E-state index is 5.94. The van der Waals surface area contributed by atoms with Crippen molar-refractivity contribution in [3.63, 3.8) is 0 Å². The van der Waals surface area contributed by atoms with E-state index in [2.05, 4.69) is 43.0 Å². The van der Waals surface area contributed by atoms with Crippen molar-refractivity contribution in [1.29, 1.82) is 0 Å². The molecule has 0 radical (unpaired) electrons. The molecule has 0 bridgehead atoms. The molecular weight excluding hydrogens is 280 g/mol. The largest absolute Gasteiger partial charge is 0.370 e. The zero-order valence-corrected chi connectivity index (χ0v) is 14.9. The number of hydrogen-bond donors (Lipinski definition) is 2. The number of nitrogens with zero attached hydrogens (tertiary/aromatic N) is 2. The quantitative estimate of drug-likeness (QED) is 0.571. The summed E-state index contributed by atoms with van der Waals surface area (Å²) in [5.74, 6) is 1.33. The van der Waals surface area contributed by atoms with Crippen LogP contribution in [0.4, 0.5) is 0 Å². The van der Waals surface area contributed by atoms with Crippen molar-refractivity contribution >= 4 is 17.3 Å². The molecule has 0 aliphatic carbocycles. The standard InChI is InChI=1S/C16H30N4S/c1-11(2)7-6-8-12(3)19-16(17)18-10-9-15-13(4)20-14(5)21-15/h11-12H,6-10H2,1-5H3,(H3,17,18,19). The van der Waals surface area contributed by atoms with Gasteiger partial charge in [0.25, 0.3) is 0 Å². The van der Waals surface area contributed by atoms with E-state index in [0.717, 1.165) is 36.0 Å². The molecule has 0 saturated carbocycles. The molecule has 1 rings (SSSR count). The fourth-order valence-electron chi connectivity index (χ4n) is 2.29. The second-order valence-corrected chi connectivity index (χ2v) is 7.42. The predicted octanol–water partition coefficient (Wildman–Crippen LogP) is 3.42. The highest BCUT2D eigenvalue weighted by atomic mass is 32.1. The zero-order chi connectivity index (χ0) is 15.8. The lowest BCUT2D eigenvalue weighted by molar-refractivity contribution is 0.493. The number of hydrogen-bond acceptors (Lipinski definition) is 3. The molecule has 1 unspecified atom stereocenters. The van der Waals surface area contributed by atoms with Gasteiger partial charge in [-0.3, -0.25) is 4.99 Å². The summed E-state index contributed by atoms with van der Waals surface area (Å²) >= 11 is 1.75. The van der Waals surface area contributed by atoms with Crippen LogP contribution in [0.5, 0.6) is 0 Å². The van der Waals surface area contributed by atoms with E-state index in [4.69, 9.17) is 5.73 Å². The van der Waals surface area contributed by atoms with Crippen LogP contribution in [0.3, 0.4) is 0 Å². The summed E-state index contributed by atoms with van der Waals surface area (Å²) in [6.07, 6.45) is 4.56. The smallest absolute Gasteiger partial charge is 0.188 e. The summed E-state index contributed by atoms with van der Waals surface area (Å²) in [4.78, 5) is 10.2. The lowest BCUT2D eigenvalue weighted by Crippen LogP contribution is -2.38. The molecule has 0 spiro atoms. The first-order valence-corrected chi connectivity index (χ1v) is 8.69. The van der Waals surface area contributed by atoms with Gasteiger partial charge in [0, 0.05) is 23.9 Å². The molecule has 0 aliphatic rings. The van der Waals surface area contributed by atoms with Gasteiger partial charge in [-0.2, -0.15) is 0 Å². The van der Waals surface area contributed by atoms with Crippen molar-refractivity contribution in [2.45, 2.75) is 66.3 Å². The van der Waals surface area contributed by atoms with E-state index in [0.29, 0.717) is 12.0 Å². The molecule has 0 aliphatic heterocycles. The molecule has 21 heavy (non-hydrogen) atoms. The Morgan fingerprint density at radius 3 is 2.57 bits per heavy atom. The van der Waals surface area contributed by atoms with Crippen LogP contribution in [-0.2, 0) is 6.42 Å². The van der Waals surface area contributed by atoms with Crippen LogP contribution < -0.4 is 11.1 Å². The van der Waals surface area contributed by atoms with Gasteiger partial charge < -0.3 is 11.1 Å². The van der Waals surface area contributed by atoms with Gasteiger partial charge >= 0.3 is 0 Å². The topological polar surface area (TPSA) is 63.3 Å². The summed E-state index contributed by atoms with van der Waals surface area (Å²) < 4.78 is 0. The van der Waals surface area contributed by atoms with E-state index in [1.165, 1.54) is 17.7 Å². The predicted molar refractivity (Wildman–Crippen MR) is 93.1 cm³/mol. The molecule has 4 nitrogen and oxygen atoms in total. The van der Waals surface area contributed by atoms with Gasteiger partial charge in [0.15, 0.2) is 5.96 Å². The molecule has 0 amide bonds. The Bertz CT molecular complexity index is 451. The normalized spacial score (nSPS) is 13.7. The summed E-state index contributed by atoms with van der Waals surface area (Å²) in [5, 5.41) is 4.40. The van der Waals surface area contributed by atoms with Crippen LogP contribution in [0.1, 0.15) is 55.6 Å². The number of nitrogens with one attached hydrogen (secondary N) is 1. The van der Waals surface area contributed by atoms with Crippen LogP contribution in [0, 0.1) is 19.8 Å². The Balaban J connectivity index is 2.27. The average Bonchev–Trinajstić information content (AvgIpc) is 2.67. The third kappa shape index (κ3) is 7.46. The summed E-state index contributed by atoms with van der Waals surface area (Å²) in [5.41, 5.74) is 7.07. The van der Waals surface area contributed by atoms with E-state index in [1.807, 2.05) is 6.92 Å². The van der Waals surface area contributed by atoms with E-state index in [1.54, 1.807) is 11.3 Å². The molecule has 0 fully saturated rings. The maximum Gasteiger partial charge on any atom is 0.188 e. The second kappa shape index (κ2) is 9.03. The number of guanidine groups is 1. The minimum atomic E-state index is 0.389. The van der Waals surface area contributed by atoms with Gasteiger partial charge in [-0.05, 0) is 33.1 Å². The van der Waals surface area contributed by atoms with Gasteiger partial charge in [0.05, 0.1) is 10.7 Å². The number of rotatable bonds is 8. The number of thiazole rings is 1. The number of aliphatic imine (C=N–C) groups is 1. The first-order valence-electron chi connectivity index (χ1n) is 7.87. The van der Waals surface area contributed by atoms with Crippen molar-refractivity contribution in [3.8, 4) is 0 Å². The molecule has 1 atom stereocenters. The van der Waals surface area contributed by atoms with Crippen molar-refractivity contribution in [3.05, 3.63) is 15.6 Å². The van der Waals surface area contributed by atoms with Gasteiger partial charge in [-0.25, -0.2) is 4.98 Å². The molecule has 3 N–H and O–H groups in total. The van der Waals surface area contributed by atoms with Crippen LogP contribution >= 0.6 is 11.3 Å². The van der Waals surface area contributed by atoms with Gasteiger partial charge in [-0.1, -0.05) is 26.7 Å². The maximum absolute atomic E-state index is 5.94. The van der Waals surface area contributed by atoms with E-state index in [9.17, 15) is 0 Å². The highest BCUT2D eigenvalue weighted by Crippen LogP contribution is 2.17. The Morgan fingerprint density at radius 1 is 1.29 bits per heavy atom. The summed E-state index contributed by atoms with van der Waals surface area (Å²) in [7, 11) is 0. The van der Waals surface area contributed by atoms with Gasteiger partial charge in [0.2, 0.25) is 0 Å². The minimum absolute atomic E-state index is 0.389. The van der Waals surface area contributed by atoms with Crippen LogP contribution in [0.15, 0.2) is 4.99 Å². The van der Waals surface area contributed by atoms with Gasteiger partial charge in [0.1, 0.15) is 0 Å². The Hall–Kier alpha value is -1.10. The Morgan fingerprint density at radius 2 is 2.00 bits per heavy atom. The number of aryl methyl sites for hydroxylation is 2. The Labute approximate surface area is 133 Å². The fourth-order valence-corrected chi connectivity index (χ4v) is 3.21. The molecule has 0 aromatic carbocycles. The van der Waals surface area contributed by atoms with Crippen molar-refractivity contribution in [2.75, 3.05) is 6.54 Å². The molecule has 0 saturated heterocycles. The zero-order valence-electron chi connectivity index (χ0n) is 14.1. The van der Waals surface area contributed by atoms with Gasteiger partial charge in [-0.15, -0.1) is 11.3 Å². The van der Waals surface area contributed by atoms with Crippen LogP contribution in [0.25, 0.3) is 0 Å². The monoisotopic (exact) mass is 310 g/mol. The van der Waals surface area contributed by atoms with Crippen molar-refractivity contribution in [1.82, 2.24) is 10.3 Å². The molecular formula is C16H30N4S. The second-order valence-electron chi connectivity index (χ2n) is 6.13. The first kappa shape index (κ1) is 18.0. The fraction of sp³-hybridized carbons (Fsp3) is 0.750. The van der Waals surface area contributed by atoms with Crippen LogP contribution in [-0.4, -0.2) is 23.5 Å². The third-order valence-electron chi connectivity index (χ3n) is 3.43. The minimum Gasteiger partial charge on any atom is -0.370 e. The Kier molecular flexibility index (Phi) is 7.72. The third-order valence-corrected chi connectivity index (χ3v) is 4.57. The van der Waals surface area contributed by atoms with Crippen LogP contribution in [0.2, 0.25) is 0 Å². The molecule has 1 aromatic heterocycles. The molecule has 120 valence electrons. The van der Waals surface area contributed by atoms with Crippen molar-refractivity contribution in [2.24, 2.45) is 16.6 Å². The lowest BCUT2D eigenvalue weighted by atomic mass is 10.0. The molecule has 1 aromatic rings. The number of nitrogens with two attached hydrogens (primary N) is 1. The SMILES string of the molecule is Cc1nc(C)c(CCN=C(N)NC(C)CCCC(C)C)s1. The average molecular weight is 311 g/mol. The van der Waals surface area contributed by atoms with Crippen molar-refractivity contribution < 1.29 is 0 Å². The highest BCUT2D eigenvalue weighted by molar-refractivity contribution is 7.11. The van der Waals surface area contributed by atoms with E-state index < -0.39 is 0 Å². The summed E-state index contributed by atoms with van der Waals surface area (Å²) in [6.45, 7) is 11.5. The molecule has 1 heterocycles. The summed E-state index contributed by atoms with van der Waals surface area (Å²) in [6, 6.07) is 0.389.